The number of nitrogens with two attached hydrogens (primary N) is 1. The van der Waals surface area contributed by atoms with Gasteiger partial charge in [0.15, 0.2) is 5.65 Å². The Hall–Kier alpha value is -4.12. The maximum atomic E-state index is 12.9. The van der Waals surface area contributed by atoms with Crippen LogP contribution in [-0.2, 0) is 11.3 Å². The predicted octanol–water partition coefficient (Wildman–Crippen LogP) is 0.754. The van der Waals surface area contributed by atoms with Gasteiger partial charge in [-0.3, -0.25) is 14.5 Å². The molecule has 0 radical (unpaired) electrons. The van der Waals surface area contributed by atoms with E-state index in [1.54, 1.807) is 18.5 Å². The summed E-state index contributed by atoms with van der Waals surface area (Å²) in [5.74, 6) is 0.726. The third-order valence-electron chi connectivity index (χ3n) is 6.95. The normalized spacial score (nSPS) is 17.0. The first-order chi connectivity index (χ1) is 17.5. The highest BCUT2D eigenvalue weighted by molar-refractivity contribution is 5.92. The molecule has 2 amide bonds. The second kappa shape index (κ2) is 9.15. The summed E-state index contributed by atoms with van der Waals surface area (Å²) < 4.78 is 1.96. The topological polar surface area (TPSA) is 126 Å². The number of imidazole rings is 1. The van der Waals surface area contributed by atoms with E-state index in [0.29, 0.717) is 31.2 Å². The third-order valence-corrected chi connectivity index (χ3v) is 6.95. The quantitative estimate of drug-likeness (QED) is 0.424. The van der Waals surface area contributed by atoms with Gasteiger partial charge in [-0.15, -0.1) is 0 Å². The van der Waals surface area contributed by atoms with Crippen molar-refractivity contribution < 1.29 is 9.59 Å². The van der Waals surface area contributed by atoms with Gasteiger partial charge in [-0.1, -0.05) is 18.2 Å². The zero-order valence-electron chi connectivity index (χ0n) is 19.8. The van der Waals surface area contributed by atoms with Gasteiger partial charge in [0.25, 0.3) is 5.91 Å². The fourth-order valence-electron chi connectivity index (χ4n) is 4.97. The molecule has 4 aromatic rings. The molecule has 184 valence electrons. The smallest absolute Gasteiger partial charge is 0.267 e. The van der Waals surface area contributed by atoms with Crippen LogP contribution in [0, 0.1) is 5.92 Å². The van der Waals surface area contributed by atoms with Crippen LogP contribution in [0.25, 0.3) is 22.1 Å². The Bertz CT molecular complexity index is 1440. The van der Waals surface area contributed by atoms with E-state index in [1.165, 1.54) is 0 Å². The number of carbonyl (C=O) groups excluding carboxylic acids is 2. The second-order valence-corrected chi connectivity index (χ2v) is 9.46. The molecule has 2 N–H and O–H groups in total. The van der Waals surface area contributed by atoms with Crippen molar-refractivity contribution in [3.8, 4) is 0 Å². The molecule has 11 heteroatoms. The number of piperazine rings is 1. The van der Waals surface area contributed by atoms with Gasteiger partial charge in [0.2, 0.25) is 11.9 Å². The van der Waals surface area contributed by atoms with E-state index in [2.05, 4.69) is 29.7 Å². The lowest BCUT2D eigenvalue weighted by Gasteiger charge is -2.41. The fraction of sp³-hybridized carbons (Fsp3) is 0.360. The lowest BCUT2D eigenvalue weighted by Crippen LogP contribution is -2.55. The van der Waals surface area contributed by atoms with Crippen LogP contribution in [-0.4, -0.2) is 91.9 Å². The molecule has 2 aliphatic rings. The number of carbonyl (C=O) groups is 2. The van der Waals surface area contributed by atoms with E-state index in [9.17, 15) is 9.59 Å². The van der Waals surface area contributed by atoms with Crippen molar-refractivity contribution in [2.75, 3.05) is 50.7 Å². The highest BCUT2D eigenvalue weighted by Gasteiger charge is 2.31. The molecule has 36 heavy (non-hydrogen) atoms. The molecule has 0 unspecified atom stereocenters. The van der Waals surface area contributed by atoms with Crippen LogP contribution in [0.2, 0.25) is 0 Å². The summed E-state index contributed by atoms with van der Waals surface area (Å²) in [6, 6.07) is 11.3. The van der Waals surface area contributed by atoms with Crippen molar-refractivity contribution in [2.24, 2.45) is 11.7 Å². The molecule has 0 atom stereocenters. The number of fused-ring (bicyclic) bond motifs is 2. The van der Waals surface area contributed by atoms with Gasteiger partial charge in [-0.05, 0) is 18.2 Å². The first-order valence-corrected chi connectivity index (χ1v) is 12.1. The maximum absolute atomic E-state index is 12.9. The highest BCUT2D eigenvalue weighted by atomic mass is 16.2. The van der Waals surface area contributed by atoms with Crippen LogP contribution in [0.1, 0.15) is 10.5 Å². The number of aromatic nitrogens is 5. The second-order valence-electron chi connectivity index (χ2n) is 9.46. The zero-order chi connectivity index (χ0) is 24.6. The number of benzene rings is 1. The number of anilines is 1. The Morgan fingerprint density at radius 2 is 1.75 bits per heavy atom. The van der Waals surface area contributed by atoms with Crippen molar-refractivity contribution in [2.45, 2.75) is 6.54 Å². The summed E-state index contributed by atoms with van der Waals surface area (Å²) in [6.07, 6.45) is 3.60. The first kappa shape index (κ1) is 22.4. The SMILES string of the molecule is NC(=O)c1ccc2ncn(CC3CN(CC(=O)N4CCN(c5ncc6ccccc6n5)CC4)C3)c2n1. The average Bonchev–Trinajstić information content (AvgIpc) is 3.29. The number of hydrogen-bond acceptors (Lipinski definition) is 8. The molecular weight excluding hydrogens is 458 g/mol. The largest absolute Gasteiger partial charge is 0.364 e. The van der Waals surface area contributed by atoms with E-state index >= 15 is 0 Å². The molecule has 0 spiro atoms. The van der Waals surface area contributed by atoms with Gasteiger partial charge in [-0.25, -0.2) is 19.9 Å². The molecule has 0 bridgehead atoms. The van der Waals surface area contributed by atoms with E-state index in [-0.39, 0.29) is 11.6 Å². The van der Waals surface area contributed by atoms with E-state index in [1.807, 2.05) is 39.9 Å². The standard InChI is InChI=1S/C25H27N9O2/c26-23(36)20-5-6-21-24(29-20)34(16-28-21)14-17-12-31(13-17)15-22(35)32-7-9-33(10-8-32)25-27-11-18-3-1-2-4-19(18)30-25/h1-6,11,16-17H,7-10,12-15H2,(H2,26,36). The van der Waals surface area contributed by atoms with Crippen molar-refractivity contribution >= 4 is 39.8 Å². The Labute approximate surface area is 207 Å². The number of rotatable bonds is 6. The van der Waals surface area contributed by atoms with Gasteiger partial charge in [0.1, 0.15) is 11.2 Å². The van der Waals surface area contributed by atoms with Crippen molar-refractivity contribution in [3.63, 3.8) is 0 Å². The first-order valence-electron chi connectivity index (χ1n) is 12.1. The third kappa shape index (κ3) is 4.33. The molecule has 2 aliphatic heterocycles. The Morgan fingerprint density at radius 3 is 2.56 bits per heavy atom. The van der Waals surface area contributed by atoms with E-state index in [0.717, 1.165) is 55.1 Å². The Morgan fingerprint density at radius 1 is 0.944 bits per heavy atom. The molecule has 2 fully saturated rings. The van der Waals surface area contributed by atoms with Gasteiger partial charge in [0.05, 0.1) is 18.4 Å². The van der Waals surface area contributed by atoms with Crippen LogP contribution in [0.15, 0.2) is 48.9 Å². The summed E-state index contributed by atoms with van der Waals surface area (Å²) in [6.45, 7) is 5.62. The molecule has 5 heterocycles. The Kier molecular flexibility index (Phi) is 5.68. The number of amides is 2. The zero-order valence-corrected chi connectivity index (χ0v) is 19.8. The lowest BCUT2D eigenvalue weighted by atomic mass is 10.00. The lowest BCUT2D eigenvalue weighted by molar-refractivity contribution is -0.134. The minimum Gasteiger partial charge on any atom is -0.364 e. The molecule has 1 aromatic carbocycles. The Balaban J connectivity index is 0.988. The fourth-order valence-corrected chi connectivity index (χ4v) is 4.97. The number of likely N-dealkylation sites (tertiary alicyclic amines) is 1. The molecular formula is C25H27N9O2. The predicted molar refractivity (Wildman–Crippen MR) is 134 cm³/mol. The minimum atomic E-state index is -0.552. The number of primary amides is 1. The van der Waals surface area contributed by atoms with Gasteiger partial charge in [-0.2, -0.15) is 0 Å². The van der Waals surface area contributed by atoms with Crippen LogP contribution in [0.3, 0.4) is 0 Å². The van der Waals surface area contributed by atoms with Crippen molar-refractivity contribution in [1.29, 1.82) is 0 Å². The van der Waals surface area contributed by atoms with Crippen molar-refractivity contribution in [1.82, 2.24) is 34.3 Å². The number of pyridine rings is 1. The molecule has 6 rings (SSSR count). The highest BCUT2D eigenvalue weighted by Crippen LogP contribution is 2.21. The summed E-state index contributed by atoms with van der Waals surface area (Å²) in [5, 5.41) is 1.02. The minimum absolute atomic E-state index is 0.161. The average molecular weight is 486 g/mol. The van der Waals surface area contributed by atoms with Crippen LogP contribution in [0.4, 0.5) is 5.95 Å². The van der Waals surface area contributed by atoms with Gasteiger partial charge in [0, 0.05) is 63.3 Å². The molecule has 3 aromatic heterocycles. The monoisotopic (exact) mass is 485 g/mol. The van der Waals surface area contributed by atoms with Crippen LogP contribution < -0.4 is 10.6 Å². The van der Waals surface area contributed by atoms with Gasteiger partial charge < -0.3 is 20.1 Å². The molecule has 11 nitrogen and oxygen atoms in total. The summed E-state index contributed by atoms with van der Waals surface area (Å²) in [7, 11) is 0. The number of nitrogens with zero attached hydrogens (tertiary/aromatic N) is 8. The molecule has 0 aliphatic carbocycles. The van der Waals surface area contributed by atoms with Crippen LogP contribution in [0.5, 0.6) is 0 Å². The van der Waals surface area contributed by atoms with Crippen LogP contribution >= 0.6 is 0 Å². The molecule has 2 saturated heterocycles. The van der Waals surface area contributed by atoms with E-state index < -0.39 is 5.91 Å². The van der Waals surface area contributed by atoms with Crippen molar-refractivity contribution in [3.05, 3.63) is 54.6 Å². The van der Waals surface area contributed by atoms with E-state index in [4.69, 9.17) is 5.73 Å². The van der Waals surface area contributed by atoms with Gasteiger partial charge >= 0.3 is 0 Å². The summed E-state index contributed by atoms with van der Waals surface area (Å²) in [4.78, 5) is 48.5. The number of para-hydroxylation sites is 1. The maximum Gasteiger partial charge on any atom is 0.267 e. The molecule has 0 saturated carbocycles. The summed E-state index contributed by atoms with van der Waals surface area (Å²) in [5.41, 5.74) is 7.93. The number of hydrogen-bond donors (Lipinski definition) is 1. The summed E-state index contributed by atoms with van der Waals surface area (Å²) >= 11 is 0.